The van der Waals surface area contributed by atoms with Crippen LogP contribution in [-0.4, -0.2) is 33.4 Å². The van der Waals surface area contributed by atoms with Gasteiger partial charge >= 0.3 is 0 Å². The van der Waals surface area contributed by atoms with Crippen LogP contribution in [0.25, 0.3) is 0 Å². The summed E-state index contributed by atoms with van der Waals surface area (Å²) in [6.45, 7) is 4.85. The maximum atomic E-state index is 13.3. The average Bonchev–Trinajstić information content (AvgIpc) is 3.41. The Morgan fingerprint density at radius 3 is 2.67 bits per heavy atom. The van der Waals surface area contributed by atoms with E-state index in [1.54, 1.807) is 6.07 Å². The Labute approximate surface area is 160 Å². The standard InChI is InChI=1S/C22H28FN3O/c1-16-14-24-21(26(16)15-18-5-6-18)12-17-7-9-25(10-8-17)22(27)13-19-3-2-4-20(23)11-19/h2-4,11,14,17-18H,5-10,12-13,15H2,1H3. The maximum absolute atomic E-state index is 13.3. The lowest BCUT2D eigenvalue weighted by atomic mass is 9.93. The largest absolute Gasteiger partial charge is 0.342 e. The number of hydrogen-bond acceptors (Lipinski definition) is 2. The first kappa shape index (κ1) is 18.2. The second-order valence-corrected chi connectivity index (χ2v) is 8.20. The molecule has 1 aliphatic heterocycles. The number of benzene rings is 1. The van der Waals surface area contributed by atoms with E-state index in [2.05, 4.69) is 16.5 Å². The number of likely N-dealkylation sites (tertiary alicyclic amines) is 1. The predicted molar refractivity (Wildman–Crippen MR) is 103 cm³/mol. The molecular formula is C22H28FN3O. The van der Waals surface area contributed by atoms with Crippen molar-refractivity contribution in [3.8, 4) is 0 Å². The number of carbonyl (C=O) groups excluding carboxylic acids is 1. The summed E-state index contributed by atoms with van der Waals surface area (Å²) in [5.41, 5.74) is 2.01. The minimum Gasteiger partial charge on any atom is -0.342 e. The van der Waals surface area contributed by atoms with Gasteiger partial charge in [-0.1, -0.05) is 12.1 Å². The summed E-state index contributed by atoms with van der Waals surface area (Å²) in [4.78, 5) is 19.1. The van der Waals surface area contributed by atoms with Crippen LogP contribution in [0.3, 0.4) is 0 Å². The Morgan fingerprint density at radius 2 is 1.96 bits per heavy atom. The highest BCUT2D eigenvalue weighted by atomic mass is 19.1. The van der Waals surface area contributed by atoms with Crippen LogP contribution in [0.2, 0.25) is 0 Å². The molecule has 0 unspecified atom stereocenters. The fraction of sp³-hybridized carbons (Fsp3) is 0.545. The second-order valence-electron chi connectivity index (χ2n) is 8.20. The van der Waals surface area contributed by atoms with E-state index >= 15 is 0 Å². The summed E-state index contributed by atoms with van der Waals surface area (Å²) in [6.07, 6.45) is 8.02. The van der Waals surface area contributed by atoms with Crippen LogP contribution in [0.15, 0.2) is 30.5 Å². The molecule has 2 fully saturated rings. The molecule has 0 radical (unpaired) electrons. The molecule has 1 aliphatic carbocycles. The van der Waals surface area contributed by atoms with Crippen molar-refractivity contribution >= 4 is 5.91 Å². The number of hydrogen-bond donors (Lipinski definition) is 0. The van der Waals surface area contributed by atoms with Gasteiger partial charge in [-0.25, -0.2) is 9.37 Å². The van der Waals surface area contributed by atoms with Gasteiger partial charge in [0.1, 0.15) is 11.6 Å². The highest BCUT2D eigenvalue weighted by Gasteiger charge is 2.27. The van der Waals surface area contributed by atoms with E-state index in [1.807, 2.05) is 17.2 Å². The third-order valence-corrected chi connectivity index (χ3v) is 5.96. The Balaban J connectivity index is 1.29. The molecule has 2 heterocycles. The van der Waals surface area contributed by atoms with Gasteiger partial charge in [-0.15, -0.1) is 0 Å². The number of aryl methyl sites for hydroxylation is 1. The van der Waals surface area contributed by atoms with Gasteiger partial charge in [0.25, 0.3) is 0 Å². The van der Waals surface area contributed by atoms with Gasteiger partial charge in [-0.05, 0) is 62.1 Å². The van der Waals surface area contributed by atoms with E-state index < -0.39 is 0 Å². The van der Waals surface area contributed by atoms with Crippen LogP contribution in [0, 0.1) is 24.6 Å². The molecule has 0 spiro atoms. The quantitative estimate of drug-likeness (QED) is 0.777. The molecule has 4 rings (SSSR count). The molecule has 0 atom stereocenters. The highest BCUT2D eigenvalue weighted by Crippen LogP contribution is 2.32. The molecule has 1 amide bonds. The van der Waals surface area contributed by atoms with Crippen molar-refractivity contribution in [3.63, 3.8) is 0 Å². The van der Waals surface area contributed by atoms with Crippen molar-refractivity contribution in [1.82, 2.24) is 14.5 Å². The zero-order chi connectivity index (χ0) is 18.8. The molecule has 1 saturated carbocycles. The van der Waals surface area contributed by atoms with Gasteiger partial charge in [0.2, 0.25) is 5.91 Å². The number of halogens is 1. The number of nitrogens with zero attached hydrogens (tertiary/aromatic N) is 3. The number of imidazole rings is 1. The molecule has 1 aromatic carbocycles. The van der Waals surface area contributed by atoms with E-state index in [0.29, 0.717) is 5.92 Å². The Morgan fingerprint density at radius 1 is 1.19 bits per heavy atom. The first-order valence-corrected chi connectivity index (χ1v) is 10.1. The van der Waals surface area contributed by atoms with E-state index in [4.69, 9.17) is 0 Å². The summed E-state index contributed by atoms with van der Waals surface area (Å²) >= 11 is 0. The topological polar surface area (TPSA) is 38.1 Å². The van der Waals surface area contributed by atoms with Crippen molar-refractivity contribution in [2.75, 3.05) is 13.1 Å². The van der Waals surface area contributed by atoms with Crippen molar-refractivity contribution in [1.29, 1.82) is 0 Å². The summed E-state index contributed by atoms with van der Waals surface area (Å²) in [5, 5.41) is 0. The van der Waals surface area contributed by atoms with Gasteiger partial charge < -0.3 is 9.47 Å². The Bertz CT molecular complexity index is 804. The molecule has 4 nitrogen and oxygen atoms in total. The lowest BCUT2D eigenvalue weighted by Crippen LogP contribution is -2.39. The lowest BCUT2D eigenvalue weighted by Gasteiger charge is -2.32. The molecule has 2 aromatic rings. The van der Waals surface area contributed by atoms with Crippen LogP contribution >= 0.6 is 0 Å². The first-order chi connectivity index (χ1) is 13.1. The number of carbonyl (C=O) groups is 1. The minimum atomic E-state index is -0.281. The smallest absolute Gasteiger partial charge is 0.226 e. The Hall–Kier alpha value is -2.17. The summed E-state index contributed by atoms with van der Waals surface area (Å²) in [7, 11) is 0. The highest BCUT2D eigenvalue weighted by molar-refractivity contribution is 5.78. The van der Waals surface area contributed by atoms with Gasteiger partial charge in [0.05, 0.1) is 6.42 Å². The SMILES string of the molecule is Cc1cnc(CC2CCN(C(=O)Cc3cccc(F)c3)CC2)n1CC1CC1. The second kappa shape index (κ2) is 7.83. The van der Waals surface area contributed by atoms with Crippen LogP contribution in [-0.2, 0) is 24.2 Å². The third kappa shape index (κ3) is 4.57. The van der Waals surface area contributed by atoms with Crippen molar-refractivity contribution in [2.24, 2.45) is 11.8 Å². The normalized spacial score (nSPS) is 18.1. The molecule has 27 heavy (non-hydrogen) atoms. The first-order valence-electron chi connectivity index (χ1n) is 10.1. The van der Waals surface area contributed by atoms with Crippen molar-refractivity contribution in [2.45, 2.75) is 52.0 Å². The molecule has 1 saturated heterocycles. The van der Waals surface area contributed by atoms with Crippen LogP contribution in [0.4, 0.5) is 4.39 Å². The molecule has 0 N–H and O–H groups in total. The number of piperidine rings is 1. The van der Waals surface area contributed by atoms with Crippen molar-refractivity contribution < 1.29 is 9.18 Å². The fourth-order valence-corrected chi connectivity index (χ4v) is 4.06. The van der Waals surface area contributed by atoms with E-state index in [1.165, 1.54) is 36.5 Å². The Kier molecular flexibility index (Phi) is 5.28. The van der Waals surface area contributed by atoms with Gasteiger partial charge in [-0.3, -0.25) is 4.79 Å². The number of aromatic nitrogens is 2. The molecule has 144 valence electrons. The number of amides is 1. The van der Waals surface area contributed by atoms with E-state index in [-0.39, 0.29) is 18.1 Å². The fourth-order valence-electron chi connectivity index (χ4n) is 4.06. The maximum Gasteiger partial charge on any atom is 0.226 e. The van der Waals surface area contributed by atoms with E-state index in [9.17, 15) is 9.18 Å². The van der Waals surface area contributed by atoms with Gasteiger partial charge in [-0.2, -0.15) is 0 Å². The van der Waals surface area contributed by atoms with Crippen LogP contribution in [0.5, 0.6) is 0 Å². The summed E-state index contributed by atoms with van der Waals surface area (Å²) in [6, 6.07) is 6.34. The molecule has 2 aliphatic rings. The third-order valence-electron chi connectivity index (χ3n) is 5.96. The molecule has 0 bridgehead atoms. The lowest BCUT2D eigenvalue weighted by molar-refractivity contribution is -0.131. The zero-order valence-electron chi connectivity index (χ0n) is 16.0. The van der Waals surface area contributed by atoms with Gasteiger partial charge in [0, 0.05) is 37.9 Å². The van der Waals surface area contributed by atoms with Crippen LogP contribution in [0.1, 0.15) is 42.8 Å². The van der Waals surface area contributed by atoms with Crippen LogP contribution < -0.4 is 0 Å². The molecular weight excluding hydrogens is 341 g/mol. The number of rotatable bonds is 6. The summed E-state index contributed by atoms with van der Waals surface area (Å²) in [5.74, 6) is 2.46. The molecule has 5 heteroatoms. The average molecular weight is 369 g/mol. The molecule has 1 aromatic heterocycles. The predicted octanol–water partition coefficient (Wildman–Crippen LogP) is 3.76. The van der Waals surface area contributed by atoms with E-state index in [0.717, 1.165) is 50.4 Å². The monoisotopic (exact) mass is 369 g/mol. The zero-order valence-corrected chi connectivity index (χ0v) is 16.0. The minimum absolute atomic E-state index is 0.102. The van der Waals surface area contributed by atoms with Gasteiger partial charge in [0.15, 0.2) is 0 Å². The summed E-state index contributed by atoms with van der Waals surface area (Å²) < 4.78 is 15.7. The van der Waals surface area contributed by atoms with Crippen molar-refractivity contribution in [3.05, 3.63) is 53.4 Å².